The number of aryl methyl sites for hydroxylation is 1. The monoisotopic (exact) mass is 463 g/mol. The van der Waals surface area contributed by atoms with Gasteiger partial charge in [0.15, 0.2) is 12.4 Å². The van der Waals surface area contributed by atoms with E-state index >= 15 is 0 Å². The highest BCUT2D eigenvalue weighted by Crippen LogP contribution is 2.18. The van der Waals surface area contributed by atoms with Crippen LogP contribution in [0.3, 0.4) is 0 Å². The van der Waals surface area contributed by atoms with Gasteiger partial charge in [-0.2, -0.15) is 4.98 Å². The highest BCUT2D eigenvalue weighted by atomic mass is 127. The number of hydrogen-bond acceptors (Lipinski definition) is 6. The minimum Gasteiger partial charge on any atom is -0.452 e. The molecule has 0 spiro atoms. The Bertz CT molecular complexity index is 920. The molecule has 26 heavy (non-hydrogen) atoms. The van der Waals surface area contributed by atoms with Crippen LogP contribution in [0.25, 0.3) is 11.5 Å². The number of rotatable bonds is 5. The van der Waals surface area contributed by atoms with Crippen molar-refractivity contribution in [1.82, 2.24) is 10.1 Å². The Morgan fingerprint density at radius 3 is 2.42 bits per heavy atom. The van der Waals surface area contributed by atoms with Crippen molar-refractivity contribution < 1.29 is 18.8 Å². The second kappa shape index (κ2) is 8.09. The first-order chi connectivity index (χ1) is 12.5. The van der Waals surface area contributed by atoms with Gasteiger partial charge in [0.25, 0.3) is 11.8 Å². The molecular formula is C18H14IN3O4. The summed E-state index contributed by atoms with van der Waals surface area (Å²) in [5.41, 5.74) is 1.66. The van der Waals surface area contributed by atoms with Crippen LogP contribution in [0.1, 0.15) is 16.2 Å². The summed E-state index contributed by atoms with van der Waals surface area (Å²) in [6, 6.07) is 13.8. The van der Waals surface area contributed by atoms with Crippen LogP contribution in [0.5, 0.6) is 0 Å². The number of ether oxygens (including phenoxy) is 1. The number of hydrogen-bond donors (Lipinski definition) is 1. The number of nitrogens with zero attached hydrogens (tertiary/aromatic N) is 2. The SMILES string of the molecule is Cc1noc(-c2ccc(C(=O)OCC(=O)Nc3ccc(I)cc3)cc2)n1. The van der Waals surface area contributed by atoms with Crippen LogP contribution >= 0.6 is 22.6 Å². The number of esters is 1. The maximum Gasteiger partial charge on any atom is 0.338 e. The lowest BCUT2D eigenvalue weighted by atomic mass is 10.1. The number of anilines is 1. The number of carbonyl (C=O) groups is 2. The molecule has 0 aliphatic carbocycles. The van der Waals surface area contributed by atoms with Gasteiger partial charge in [-0.3, -0.25) is 4.79 Å². The zero-order valence-electron chi connectivity index (χ0n) is 13.7. The number of carbonyl (C=O) groups excluding carboxylic acids is 2. The summed E-state index contributed by atoms with van der Waals surface area (Å²) >= 11 is 2.17. The Balaban J connectivity index is 1.54. The average Bonchev–Trinajstić information content (AvgIpc) is 3.08. The van der Waals surface area contributed by atoms with Gasteiger partial charge in [-0.05, 0) is 78.0 Å². The second-order valence-corrected chi connectivity index (χ2v) is 6.60. The lowest BCUT2D eigenvalue weighted by molar-refractivity contribution is -0.119. The highest BCUT2D eigenvalue weighted by molar-refractivity contribution is 14.1. The third-order valence-corrected chi connectivity index (χ3v) is 4.08. The Morgan fingerprint density at radius 2 is 1.81 bits per heavy atom. The molecule has 8 heteroatoms. The zero-order valence-corrected chi connectivity index (χ0v) is 15.9. The fourth-order valence-electron chi connectivity index (χ4n) is 2.11. The molecule has 0 radical (unpaired) electrons. The van der Waals surface area contributed by atoms with E-state index < -0.39 is 11.9 Å². The summed E-state index contributed by atoms with van der Waals surface area (Å²) in [7, 11) is 0. The van der Waals surface area contributed by atoms with Crippen molar-refractivity contribution in [2.24, 2.45) is 0 Å². The molecule has 1 aromatic heterocycles. The van der Waals surface area contributed by atoms with Gasteiger partial charge in [-0.25, -0.2) is 4.79 Å². The first kappa shape index (κ1) is 18.1. The molecule has 0 fully saturated rings. The van der Waals surface area contributed by atoms with Gasteiger partial charge in [-0.15, -0.1) is 0 Å². The Hall–Kier alpha value is -2.75. The molecule has 3 aromatic rings. The molecule has 0 unspecified atom stereocenters. The number of benzene rings is 2. The molecule has 0 bridgehead atoms. The van der Waals surface area contributed by atoms with Crippen molar-refractivity contribution in [1.29, 1.82) is 0 Å². The highest BCUT2D eigenvalue weighted by Gasteiger charge is 2.12. The molecule has 1 heterocycles. The molecule has 1 amide bonds. The van der Waals surface area contributed by atoms with Gasteiger partial charge < -0.3 is 14.6 Å². The van der Waals surface area contributed by atoms with E-state index in [1.807, 2.05) is 12.1 Å². The van der Waals surface area contributed by atoms with Crippen molar-refractivity contribution in [3.05, 3.63) is 63.5 Å². The van der Waals surface area contributed by atoms with Crippen molar-refractivity contribution in [2.75, 3.05) is 11.9 Å². The van der Waals surface area contributed by atoms with E-state index in [-0.39, 0.29) is 6.61 Å². The van der Waals surface area contributed by atoms with Gasteiger partial charge in [0.05, 0.1) is 5.56 Å². The van der Waals surface area contributed by atoms with Crippen LogP contribution in [0.4, 0.5) is 5.69 Å². The molecule has 1 N–H and O–H groups in total. The van der Waals surface area contributed by atoms with Gasteiger partial charge in [0, 0.05) is 14.8 Å². The van der Waals surface area contributed by atoms with Gasteiger partial charge in [0.2, 0.25) is 0 Å². The number of aromatic nitrogens is 2. The van der Waals surface area contributed by atoms with Gasteiger partial charge in [-0.1, -0.05) is 5.16 Å². The number of amides is 1. The summed E-state index contributed by atoms with van der Waals surface area (Å²) in [4.78, 5) is 28.0. The number of halogens is 1. The molecule has 0 saturated heterocycles. The molecule has 0 atom stereocenters. The first-order valence-electron chi connectivity index (χ1n) is 7.64. The molecule has 2 aromatic carbocycles. The maximum atomic E-state index is 12.0. The van der Waals surface area contributed by atoms with Crippen LogP contribution in [-0.4, -0.2) is 28.6 Å². The van der Waals surface area contributed by atoms with Crippen molar-refractivity contribution in [2.45, 2.75) is 6.92 Å². The summed E-state index contributed by atoms with van der Waals surface area (Å²) in [5, 5.41) is 6.38. The van der Waals surface area contributed by atoms with Crippen LogP contribution in [0.2, 0.25) is 0 Å². The quantitative estimate of drug-likeness (QED) is 0.460. The van der Waals surface area contributed by atoms with Crippen molar-refractivity contribution in [3.8, 4) is 11.5 Å². The number of nitrogens with one attached hydrogen (secondary N) is 1. The lowest BCUT2D eigenvalue weighted by Gasteiger charge is -2.07. The second-order valence-electron chi connectivity index (χ2n) is 5.36. The van der Waals surface area contributed by atoms with Crippen molar-refractivity contribution >= 4 is 40.2 Å². The summed E-state index contributed by atoms with van der Waals surface area (Å²) in [5.74, 6) is -0.0875. The normalized spacial score (nSPS) is 10.4. The summed E-state index contributed by atoms with van der Waals surface area (Å²) in [6.07, 6.45) is 0. The van der Waals surface area contributed by atoms with Gasteiger partial charge in [0.1, 0.15) is 0 Å². The minimum atomic E-state index is -0.587. The van der Waals surface area contributed by atoms with Crippen molar-refractivity contribution in [3.63, 3.8) is 0 Å². The fraction of sp³-hybridized carbons (Fsp3) is 0.111. The molecule has 3 rings (SSSR count). The minimum absolute atomic E-state index is 0.326. The van der Waals surface area contributed by atoms with Crippen LogP contribution in [0.15, 0.2) is 53.1 Å². The van der Waals surface area contributed by atoms with E-state index in [4.69, 9.17) is 9.26 Å². The van der Waals surface area contributed by atoms with Gasteiger partial charge >= 0.3 is 5.97 Å². The van der Waals surface area contributed by atoms with Crippen LogP contribution in [-0.2, 0) is 9.53 Å². The Labute approximate surface area is 162 Å². The van der Waals surface area contributed by atoms with E-state index in [2.05, 4.69) is 38.0 Å². The van der Waals surface area contributed by atoms with E-state index in [0.29, 0.717) is 28.5 Å². The van der Waals surface area contributed by atoms with E-state index in [0.717, 1.165) is 3.57 Å². The third-order valence-electron chi connectivity index (χ3n) is 3.36. The topological polar surface area (TPSA) is 94.3 Å². The smallest absolute Gasteiger partial charge is 0.338 e. The summed E-state index contributed by atoms with van der Waals surface area (Å²) in [6.45, 7) is 1.36. The Morgan fingerprint density at radius 1 is 1.12 bits per heavy atom. The molecular weight excluding hydrogens is 449 g/mol. The average molecular weight is 463 g/mol. The maximum absolute atomic E-state index is 12.0. The largest absolute Gasteiger partial charge is 0.452 e. The lowest BCUT2D eigenvalue weighted by Crippen LogP contribution is -2.20. The fourth-order valence-corrected chi connectivity index (χ4v) is 2.47. The summed E-state index contributed by atoms with van der Waals surface area (Å²) < 4.78 is 11.2. The Kier molecular flexibility index (Phi) is 5.61. The third kappa shape index (κ3) is 4.66. The molecule has 0 aliphatic rings. The first-order valence-corrected chi connectivity index (χ1v) is 8.72. The van der Waals surface area contributed by atoms with E-state index in [9.17, 15) is 9.59 Å². The van der Waals surface area contributed by atoms with Crippen LogP contribution < -0.4 is 5.32 Å². The van der Waals surface area contributed by atoms with E-state index in [1.165, 1.54) is 0 Å². The predicted octanol–water partition coefficient (Wildman–Crippen LogP) is 3.45. The van der Waals surface area contributed by atoms with E-state index in [1.54, 1.807) is 43.3 Å². The zero-order chi connectivity index (χ0) is 18.5. The molecule has 132 valence electrons. The molecule has 0 aliphatic heterocycles. The molecule has 0 saturated carbocycles. The molecule has 7 nitrogen and oxygen atoms in total. The predicted molar refractivity (Wildman–Crippen MR) is 103 cm³/mol. The van der Waals surface area contributed by atoms with Crippen LogP contribution in [0, 0.1) is 10.5 Å². The standard InChI is InChI=1S/C18H14IN3O4/c1-11-20-17(26-22-11)12-2-4-13(5-3-12)18(24)25-10-16(23)21-15-8-6-14(19)7-9-15/h2-9H,10H2,1H3,(H,21,23).